The Labute approximate surface area is 116 Å². The zero-order valence-electron chi connectivity index (χ0n) is 10.5. The maximum Gasteiger partial charge on any atom is 0.122 e. The van der Waals surface area contributed by atoms with Crippen LogP contribution >= 0.6 is 11.6 Å². The minimum atomic E-state index is 0.667. The predicted molar refractivity (Wildman–Crippen MR) is 76.0 cm³/mol. The van der Waals surface area contributed by atoms with Gasteiger partial charge in [-0.25, -0.2) is 4.98 Å². The van der Waals surface area contributed by atoms with Gasteiger partial charge in [-0.2, -0.15) is 0 Å². The molecule has 0 fully saturated rings. The Morgan fingerprint density at radius 3 is 2.84 bits per heavy atom. The largest absolute Gasteiger partial charge is 0.496 e. The smallest absolute Gasteiger partial charge is 0.122 e. The molecule has 0 spiro atoms. The van der Waals surface area contributed by atoms with Gasteiger partial charge in [0.05, 0.1) is 18.8 Å². The first-order valence-corrected chi connectivity index (χ1v) is 6.40. The topological polar surface area (TPSA) is 26.5 Å². The molecule has 0 aliphatic carbocycles. The Morgan fingerprint density at radius 2 is 2.00 bits per heavy atom. The van der Waals surface area contributed by atoms with Gasteiger partial charge in [-0.15, -0.1) is 0 Å². The summed E-state index contributed by atoms with van der Waals surface area (Å²) in [6, 6.07) is 13.7. The van der Waals surface area contributed by atoms with Crippen molar-refractivity contribution in [3.05, 3.63) is 65.2 Å². The fourth-order valence-electron chi connectivity index (χ4n) is 2.21. The van der Waals surface area contributed by atoms with E-state index >= 15 is 0 Å². The molecule has 3 aromatic rings. The second-order valence-electron chi connectivity index (χ2n) is 4.27. The SMILES string of the molecule is COc1ccccc1Cc1ncc2cccc(Cl)n12. The van der Waals surface area contributed by atoms with Crippen LogP contribution in [-0.4, -0.2) is 16.5 Å². The van der Waals surface area contributed by atoms with Gasteiger partial charge in [-0.1, -0.05) is 35.9 Å². The highest BCUT2D eigenvalue weighted by molar-refractivity contribution is 6.29. The lowest BCUT2D eigenvalue weighted by Gasteiger charge is -2.08. The van der Waals surface area contributed by atoms with Crippen LogP contribution in [-0.2, 0) is 6.42 Å². The average molecular weight is 273 g/mol. The number of ether oxygens (including phenoxy) is 1. The number of halogens is 1. The van der Waals surface area contributed by atoms with E-state index in [9.17, 15) is 0 Å². The number of benzene rings is 1. The van der Waals surface area contributed by atoms with Crippen LogP contribution in [0.4, 0.5) is 0 Å². The van der Waals surface area contributed by atoms with Crippen molar-refractivity contribution in [2.24, 2.45) is 0 Å². The number of hydrogen-bond donors (Lipinski definition) is 0. The number of rotatable bonds is 3. The molecule has 4 heteroatoms. The van der Waals surface area contributed by atoms with E-state index in [4.69, 9.17) is 16.3 Å². The molecule has 0 unspecified atom stereocenters. The van der Waals surface area contributed by atoms with Crippen molar-refractivity contribution in [2.45, 2.75) is 6.42 Å². The molecule has 2 aromatic heterocycles. The molecule has 2 heterocycles. The zero-order valence-corrected chi connectivity index (χ0v) is 11.3. The first-order chi connectivity index (χ1) is 9.29. The molecule has 0 aliphatic rings. The summed E-state index contributed by atoms with van der Waals surface area (Å²) >= 11 is 6.24. The minimum Gasteiger partial charge on any atom is -0.496 e. The van der Waals surface area contributed by atoms with Crippen molar-refractivity contribution in [3.8, 4) is 5.75 Å². The molecule has 0 amide bonds. The van der Waals surface area contributed by atoms with Crippen LogP contribution in [0.5, 0.6) is 5.75 Å². The zero-order chi connectivity index (χ0) is 13.2. The number of methoxy groups -OCH3 is 1. The predicted octanol–water partition coefficient (Wildman–Crippen LogP) is 3.59. The second kappa shape index (κ2) is 4.94. The highest BCUT2D eigenvalue weighted by Gasteiger charge is 2.10. The molecule has 96 valence electrons. The van der Waals surface area contributed by atoms with Gasteiger partial charge in [0.2, 0.25) is 0 Å². The summed E-state index contributed by atoms with van der Waals surface area (Å²) in [5.41, 5.74) is 2.09. The summed E-state index contributed by atoms with van der Waals surface area (Å²) in [5, 5.41) is 0.667. The number of imidazole rings is 1. The molecule has 0 radical (unpaired) electrons. The summed E-state index contributed by atoms with van der Waals surface area (Å²) in [7, 11) is 1.68. The summed E-state index contributed by atoms with van der Waals surface area (Å²) in [4.78, 5) is 4.45. The van der Waals surface area contributed by atoms with E-state index in [1.54, 1.807) is 7.11 Å². The molecule has 0 N–H and O–H groups in total. The number of para-hydroxylation sites is 1. The van der Waals surface area contributed by atoms with Gasteiger partial charge in [-0.3, -0.25) is 4.40 Å². The van der Waals surface area contributed by atoms with Crippen molar-refractivity contribution in [2.75, 3.05) is 7.11 Å². The molecule has 1 aromatic carbocycles. The Hall–Kier alpha value is -2.00. The first kappa shape index (κ1) is 12.1. The average Bonchev–Trinajstić information content (AvgIpc) is 2.84. The third-order valence-corrected chi connectivity index (χ3v) is 3.41. The first-order valence-electron chi connectivity index (χ1n) is 6.02. The number of aromatic nitrogens is 2. The van der Waals surface area contributed by atoms with Gasteiger partial charge in [0.15, 0.2) is 0 Å². The van der Waals surface area contributed by atoms with Crippen molar-refractivity contribution in [1.82, 2.24) is 9.38 Å². The van der Waals surface area contributed by atoms with Gasteiger partial charge in [-0.05, 0) is 18.2 Å². The summed E-state index contributed by atoms with van der Waals surface area (Å²) in [6.45, 7) is 0. The molecule has 0 aliphatic heterocycles. The van der Waals surface area contributed by atoms with Gasteiger partial charge in [0.1, 0.15) is 16.7 Å². The summed E-state index contributed by atoms with van der Waals surface area (Å²) in [5.74, 6) is 1.77. The van der Waals surface area contributed by atoms with Crippen molar-refractivity contribution in [3.63, 3.8) is 0 Å². The number of pyridine rings is 1. The Morgan fingerprint density at radius 1 is 1.16 bits per heavy atom. The minimum absolute atomic E-state index is 0.667. The molecule has 0 saturated carbocycles. The number of fused-ring (bicyclic) bond motifs is 1. The van der Waals surface area contributed by atoms with E-state index in [0.717, 1.165) is 22.7 Å². The molecule has 3 nitrogen and oxygen atoms in total. The number of nitrogens with zero attached hydrogens (tertiary/aromatic N) is 2. The van der Waals surface area contributed by atoms with Crippen LogP contribution in [0.3, 0.4) is 0 Å². The van der Waals surface area contributed by atoms with Crippen LogP contribution in [0.1, 0.15) is 11.4 Å². The lowest BCUT2D eigenvalue weighted by molar-refractivity contribution is 0.410. The molecule has 0 atom stereocenters. The van der Waals surface area contributed by atoms with E-state index in [-0.39, 0.29) is 0 Å². The van der Waals surface area contributed by atoms with Crippen LogP contribution in [0, 0.1) is 0 Å². The Bertz CT molecular complexity index is 721. The monoisotopic (exact) mass is 272 g/mol. The molecular weight excluding hydrogens is 260 g/mol. The quantitative estimate of drug-likeness (QED) is 0.681. The van der Waals surface area contributed by atoms with Crippen molar-refractivity contribution in [1.29, 1.82) is 0 Å². The van der Waals surface area contributed by atoms with Crippen LogP contribution in [0.15, 0.2) is 48.7 Å². The van der Waals surface area contributed by atoms with Gasteiger partial charge < -0.3 is 4.74 Å². The normalized spacial score (nSPS) is 10.8. The lowest BCUT2D eigenvalue weighted by atomic mass is 10.1. The Balaban J connectivity index is 2.06. The number of hydrogen-bond acceptors (Lipinski definition) is 2. The third kappa shape index (κ3) is 2.17. The standard InChI is InChI=1S/C15H13ClN2O/c1-19-13-7-3-2-5-11(13)9-15-17-10-12-6-4-8-14(16)18(12)15/h2-8,10H,9H2,1H3. The fourth-order valence-corrected chi connectivity index (χ4v) is 2.48. The fraction of sp³-hybridized carbons (Fsp3) is 0.133. The van der Waals surface area contributed by atoms with E-state index in [2.05, 4.69) is 4.98 Å². The summed E-state index contributed by atoms with van der Waals surface area (Å²) < 4.78 is 7.32. The van der Waals surface area contributed by atoms with Crippen LogP contribution in [0.25, 0.3) is 5.52 Å². The van der Waals surface area contributed by atoms with Gasteiger partial charge in [0.25, 0.3) is 0 Å². The van der Waals surface area contributed by atoms with Crippen molar-refractivity contribution < 1.29 is 4.74 Å². The highest BCUT2D eigenvalue weighted by Crippen LogP contribution is 2.22. The van der Waals surface area contributed by atoms with Crippen LogP contribution < -0.4 is 4.74 Å². The third-order valence-electron chi connectivity index (χ3n) is 3.12. The van der Waals surface area contributed by atoms with E-state index in [1.165, 1.54) is 0 Å². The van der Waals surface area contributed by atoms with Gasteiger partial charge in [0, 0.05) is 12.0 Å². The molecule has 3 rings (SSSR count). The molecule has 0 bridgehead atoms. The molecule has 0 saturated heterocycles. The van der Waals surface area contributed by atoms with E-state index in [0.29, 0.717) is 11.6 Å². The van der Waals surface area contributed by atoms with Gasteiger partial charge >= 0.3 is 0 Å². The van der Waals surface area contributed by atoms with Crippen LogP contribution in [0.2, 0.25) is 5.15 Å². The molecule has 19 heavy (non-hydrogen) atoms. The molecular formula is C15H13ClN2O. The second-order valence-corrected chi connectivity index (χ2v) is 4.66. The summed E-state index contributed by atoms with van der Waals surface area (Å²) in [6.07, 6.45) is 2.51. The van der Waals surface area contributed by atoms with E-state index in [1.807, 2.05) is 53.1 Å². The Kier molecular flexibility index (Phi) is 3.13. The highest BCUT2D eigenvalue weighted by atomic mass is 35.5. The maximum absolute atomic E-state index is 6.24. The van der Waals surface area contributed by atoms with Crippen molar-refractivity contribution >= 4 is 17.1 Å². The van der Waals surface area contributed by atoms with E-state index < -0.39 is 0 Å². The maximum atomic E-state index is 6.24. The lowest BCUT2D eigenvalue weighted by Crippen LogP contribution is -1.99.